The maximum atomic E-state index is 16.9. The van der Waals surface area contributed by atoms with Crippen LogP contribution in [0.2, 0.25) is 5.02 Å². The zero-order chi connectivity index (χ0) is 31.4. The first-order valence-corrected chi connectivity index (χ1v) is 14.7. The Hall–Kier alpha value is -3.76. The van der Waals surface area contributed by atoms with E-state index in [1.807, 2.05) is 72.8 Å². The monoisotopic (exact) mass is 607 g/mol. The van der Waals surface area contributed by atoms with E-state index in [-0.39, 0.29) is 52.2 Å². The molecular weight excluding hydrogens is 569 g/mol. The van der Waals surface area contributed by atoms with Crippen molar-refractivity contribution in [2.45, 2.75) is 52.2 Å². The van der Waals surface area contributed by atoms with Crippen LogP contribution in [0.3, 0.4) is 0 Å². The molecule has 1 fully saturated rings. The van der Waals surface area contributed by atoms with Gasteiger partial charge in [0, 0.05) is 59.7 Å². The van der Waals surface area contributed by atoms with Crippen molar-refractivity contribution in [3.63, 3.8) is 0 Å². The number of benzene rings is 2. The Morgan fingerprint density at radius 1 is 1.21 bits per heavy atom. The van der Waals surface area contributed by atoms with Crippen LogP contribution in [0.25, 0.3) is 32.9 Å². The molecule has 9 nitrogen and oxygen atoms in total. The number of nitrogens with zero attached hydrogens (tertiary/aromatic N) is 7. The molecule has 2 aromatic heterocycles. The van der Waals surface area contributed by atoms with E-state index in [9.17, 15) is 4.79 Å². The van der Waals surface area contributed by atoms with Crippen LogP contribution >= 0.6 is 11.6 Å². The number of anilines is 1. The normalized spacial score (nSPS) is 17.7. The first-order chi connectivity index (χ1) is 20.2. The number of amides is 1. The van der Waals surface area contributed by atoms with Gasteiger partial charge in [-0.1, -0.05) is 30.3 Å². The van der Waals surface area contributed by atoms with Gasteiger partial charge in [-0.05, 0) is 66.4 Å². The molecule has 3 heterocycles. The maximum Gasteiger partial charge on any atom is 0.319 e. The molecule has 4 aromatic rings. The molecule has 0 spiro atoms. The van der Waals surface area contributed by atoms with Crippen molar-refractivity contribution in [2.24, 2.45) is 7.05 Å². The fraction of sp³-hybridized carbons (Fsp3) is 0.438. The smallest absolute Gasteiger partial charge is 0.319 e. The summed E-state index contributed by atoms with van der Waals surface area (Å²) in [5, 5.41) is 6.00. The highest BCUT2D eigenvalue weighted by Gasteiger charge is 2.34. The van der Waals surface area contributed by atoms with Gasteiger partial charge in [0.25, 0.3) is 0 Å². The van der Waals surface area contributed by atoms with Crippen molar-refractivity contribution in [3.8, 4) is 17.1 Å². The van der Waals surface area contributed by atoms with E-state index in [0.717, 1.165) is 16.5 Å². The number of carbonyl (C=O) groups excluding carboxylic acids is 1. The van der Waals surface area contributed by atoms with Crippen LogP contribution in [-0.2, 0) is 11.8 Å². The van der Waals surface area contributed by atoms with Crippen LogP contribution in [-0.4, -0.2) is 86.9 Å². The summed E-state index contributed by atoms with van der Waals surface area (Å²) in [6, 6.07) is 5.46. The summed E-state index contributed by atoms with van der Waals surface area (Å²) < 4.78 is 24.8. The van der Waals surface area contributed by atoms with Crippen LogP contribution < -0.4 is 9.64 Å². The van der Waals surface area contributed by atoms with Crippen LogP contribution in [0.4, 0.5) is 10.2 Å². The minimum atomic E-state index is -0.555. The number of fused-ring (bicyclic) bond motifs is 2. The Morgan fingerprint density at radius 3 is 2.60 bits per heavy atom. The number of carbonyl (C=O) groups is 1. The lowest BCUT2D eigenvalue weighted by atomic mass is 9.96. The highest BCUT2D eigenvalue weighted by atomic mass is 35.5. The third-order valence-corrected chi connectivity index (χ3v) is 8.98. The number of halogens is 2. The molecule has 228 valence electrons. The van der Waals surface area contributed by atoms with Gasteiger partial charge in [0.1, 0.15) is 17.9 Å². The van der Waals surface area contributed by atoms with Crippen molar-refractivity contribution in [3.05, 3.63) is 53.5 Å². The number of aromatic nitrogens is 4. The maximum absolute atomic E-state index is 16.9. The lowest BCUT2D eigenvalue weighted by Gasteiger charge is -2.44. The summed E-state index contributed by atoms with van der Waals surface area (Å²) in [7, 11) is 5.77. The summed E-state index contributed by atoms with van der Waals surface area (Å²) in [6.07, 6.45) is 3.09. The van der Waals surface area contributed by atoms with Crippen molar-refractivity contribution < 1.29 is 13.9 Å². The summed E-state index contributed by atoms with van der Waals surface area (Å²) in [4.78, 5) is 27.9. The van der Waals surface area contributed by atoms with E-state index in [4.69, 9.17) is 21.3 Å². The topological polar surface area (TPSA) is 79.6 Å². The lowest BCUT2D eigenvalue weighted by molar-refractivity contribution is -0.128. The molecule has 2 aromatic carbocycles. The summed E-state index contributed by atoms with van der Waals surface area (Å²) in [6.45, 7) is 14.9. The van der Waals surface area contributed by atoms with Gasteiger partial charge in [0.15, 0.2) is 5.82 Å². The largest absolute Gasteiger partial charge is 0.461 e. The minimum absolute atomic E-state index is 0.0736. The van der Waals surface area contributed by atoms with Crippen LogP contribution in [0.1, 0.15) is 33.3 Å². The van der Waals surface area contributed by atoms with Crippen LogP contribution in [0.15, 0.2) is 37.1 Å². The van der Waals surface area contributed by atoms with E-state index in [1.54, 1.807) is 21.8 Å². The van der Waals surface area contributed by atoms with Gasteiger partial charge in [0.05, 0.1) is 16.7 Å². The van der Waals surface area contributed by atoms with Crippen LogP contribution in [0.5, 0.6) is 6.01 Å². The third-order valence-electron chi connectivity index (χ3n) is 8.68. The molecule has 0 unspecified atom stereocenters. The summed E-state index contributed by atoms with van der Waals surface area (Å²) >= 11 is 6.95. The fourth-order valence-corrected chi connectivity index (χ4v) is 5.86. The number of hydrogen-bond donors (Lipinski definition) is 0. The molecular formula is C32H39ClFN7O2. The first-order valence-electron chi connectivity index (χ1n) is 14.4. The summed E-state index contributed by atoms with van der Waals surface area (Å²) in [5.74, 6) is -0.170. The molecule has 11 heteroatoms. The number of aryl methyl sites for hydroxylation is 2. The molecule has 1 amide bonds. The quantitative estimate of drug-likeness (QED) is 0.253. The van der Waals surface area contributed by atoms with Gasteiger partial charge < -0.3 is 19.4 Å². The molecule has 1 saturated heterocycles. The van der Waals surface area contributed by atoms with E-state index in [2.05, 4.69) is 21.6 Å². The average Bonchev–Trinajstić information content (AvgIpc) is 3.33. The second kappa shape index (κ2) is 11.4. The zero-order valence-electron chi connectivity index (χ0n) is 26.1. The number of piperazine rings is 1. The molecule has 2 atom stereocenters. The molecule has 5 rings (SSSR count). The Balaban J connectivity index is 1.72. The van der Waals surface area contributed by atoms with Crippen LogP contribution in [0, 0.1) is 12.7 Å². The highest BCUT2D eigenvalue weighted by Crippen LogP contribution is 2.43. The van der Waals surface area contributed by atoms with Crippen molar-refractivity contribution in [1.82, 2.24) is 29.5 Å². The zero-order valence-corrected chi connectivity index (χ0v) is 26.8. The van der Waals surface area contributed by atoms with Gasteiger partial charge in [0.2, 0.25) is 5.91 Å². The number of rotatable bonds is 7. The van der Waals surface area contributed by atoms with Crippen molar-refractivity contribution in [2.75, 3.05) is 38.7 Å². The van der Waals surface area contributed by atoms with Crippen molar-refractivity contribution >= 4 is 45.1 Å². The van der Waals surface area contributed by atoms with E-state index < -0.39 is 5.82 Å². The van der Waals surface area contributed by atoms with Gasteiger partial charge in [-0.2, -0.15) is 15.1 Å². The Kier molecular flexibility index (Phi) is 8.13. The molecule has 0 bridgehead atoms. The minimum Gasteiger partial charge on any atom is -0.461 e. The Labute approximate surface area is 256 Å². The number of hydrogen-bond acceptors (Lipinski definition) is 7. The predicted molar refractivity (Wildman–Crippen MR) is 170 cm³/mol. The molecule has 43 heavy (non-hydrogen) atoms. The van der Waals surface area contributed by atoms with Gasteiger partial charge in [-0.25, -0.2) is 4.39 Å². The lowest BCUT2D eigenvalue weighted by Crippen LogP contribution is -2.58. The molecule has 0 N–H and O–H groups in total. The number of likely N-dealkylation sites (N-methyl/N-ethyl adjacent to an activating group) is 1. The second-order valence-corrected chi connectivity index (χ2v) is 12.7. The SMILES string of the molecule is C=CC(=O)N1C[C@H](C)N(c2nc(OCC(C)(C)N(C)C)nc3c(F)c(-c4c(C)ccc5cnn(C)c45)c(Cl)cc23)C[C@H]1C. The second-order valence-electron chi connectivity index (χ2n) is 12.3. The van der Waals surface area contributed by atoms with Gasteiger partial charge in [-0.3, -0.25) is 9.48 Å². The third kappa shape index (κ3) is 5.42. The van der Waals surface area contributed by atoms with Gasteiger partial charge in [-0.15, -0.1) is 0 Å². The van der Waals surface area contributed by atoms with E-state index >= 15 is 4.39 Å². The predicted octanol–water partition coefficient (Wildman–Crippen LogP) is 5.62. The fourth-order valence-electron chi connectivity index (χ4n) is 5.57. The molecule has 1 aliphatic rings. The summed E-state index contributed by atoms with van der Waals surface area (Å²) in [5.41, 5.74) is 2.35. The molecule has 0 radical (unpaired) electrons. The van der Waals surface area contributed by atoms with Gasteiger partial charge >= 0.3 is 6.01 Å². The highest BCUT2D eigenvalue weighted by molar-refractivity contribution is 6.35. The molecule has 0 saturated carbocycles. The average molecular weight is 608 g/mol. The number of ether oxygens (including phenoxy) is 1. The first kappa shape index (κ1) is 30.7. The molecule has 0 aliphatic carbocycles. The van der Waals surface area contributed by atoms with Crippen molar-refractivity contribution in [1.29, 1.82) is 0 Å². The Morgan fingerprint density at radius 2 is 1.93 bits per heavy atom. The van der Waals surface area contributed by atoms with E-state index in [0.29, 0.717) is 29.9 Å². The van der Waals surface area contributed by atoms with E-state index in [1.165, 1.54) is 6.08 Å². The molecule has 1 aliphatic heterocycles. The standard InChI is InChI=1S/C32H39ClFN7O2/c1-10-24(42)40-15-20(4)41(16-19(40)3)30-22-13-23(33)26(25-18(2)11-12-21-14-35-39(9)29(21)25)27(34)28(22)36-31(37-30)43-17-32(5,6)38(7)8/h10-14,19-20H,1,15-17H2,2-9H3/t19-,20+/m1/s1. The Bertz CT molecular complexity index is 1730.